The standard InChI is InChI=1S/C25H26N2O4/c1-4-17-13-23(28)31-24-15(2)22(10-9-20(17)24)30-16(3)25(29)26-12-11-18-14-27-21-8-6-5-7-19(18)21/h5-10,13-14,16,27H,4,11-12H2,1-3H3,(H,26,29)/t16-/m1/s1. The van der Waals surface area contributed by atoms with Crippen LogP contribution >= 0.6 is 0 Å². The highest BCUT2D eigenvalue weighted by atomic mass is 16.5. The van der Waals surface area contributed by atoms with E-state index in [1.165, 1.54) is 11.5 Å². The zero-order chi connectivity index (χ0) is 22.0. The summed E-state index contributed by atoms with van der Waals surface area (Å²) in [5.41, 5.74) is 4.02. The smallest absolute Gasteiger partial charge is 0.336 e. The molecule has 4 aromatic rings. The maximum absolute atomic E-state index is 12.6. The molecule has 6 heteroatoms. The predicted octanol–water partition coefficient (Wildman–Crippen LogP) is 4.27. The number of aromatic amines is 1. The van der Waals surface area contributed by atoms with Gasteiger partial charge in [-0.15, -0.1) is 0 Å². The van der Waals surface area contributed by atoms with Crippen LogP contribution in [0.3, 0.4) is 0 Å². The number of aryl methyl sites for hydroxylation is 2. The van der Waals surface area contributed by atoms with Crippen LogP contribution in [0.2, 0.25) is 0 Å². The number of benzene rings is 2. The van der Waals surface area contributed by atoms with Gasteiger partial charge in [0, 0.05) is 40.7 Å². The van der Waals surface area contributed by atoms with Gasteiger partial charge in [-0.3, -0.25) is 4.79 Å². The molecule has 0 fully saturated rings. The van der Waals surface area contributed by atoms with Crippen molar-refractivity contribution in [1.82, 2.24) is 10.3 Å². The zero-order valence-corrected chi connectivity index (χ0v) is 18.0. The summed E-state index contributed by atoms with van der Waals surface area (Å²) in [5.74, 6) is 0.339. The number of carbonyl (C=O) groups excluding carboxylic acids is 1. The van der Waals surface area contributed by atoms with Crippen molar-refractivity contribution in [2.24, 2.45) is 0 Å². The molecule has 0 aliphatic carbocycles. The molecule has 2 N–H and O–H groups in total. The van der Waals surface area contributed by atoms with Crippen molar-refractivity contribution in [3.63, 3.8) is 0 Å². The molecule has 31 heavy (non-hydrogen) atoms. The minimum absolute atomic E-state index is 0.192. The van der Waals surface area contributed by atoms with E-state index in [4.69, 9.17) is 9.15 Å². The SMILES string of the molecule is CCc1cc(=O)oc2c(C)c(O[C@H](C)C(=O)NCCc3c[nH]c4ccccc34)ccc12. The number of nitrogens with one attached hydrogen (secondary N) is 2. The minimum atomic E-state index is -0.680. The lowest BCUT2D eigenvalue weighted by Crippen LogP contribution is -2.37. The van der Waals surface area contributed by atoms with Gasteiger partial charge in [0.1, 0.15) is 11.3 Å². The average Bonchev–Trinajstić information content (AvgIpc) is 3.18. The molecule has 4 rings (SSSR count). The molecule has 2 aromatic heterocycles. The van der Waals surface area contributed by atoms with Gasteiger partial charge in [0.25, 0.3) is 5.91 Å². The molecule has 2 heterocycles. The van der Waals surface area contributed by atoms with E-state index in [9.17, 15) is 9.59 Å². The quantitative estimate of drug-likeness (QED) is 0.439. The second-order valence-electron chi connectivity index (χ2n) is 7.67. The normalized spacial score (nSPS) is 12.2. The number of hydrogen-bond acceptors (Lipinski definition) is 4. The van der Waals surface area contributed by atoms with Crippen molar-refractivity contribution in [1.29, 1.82) is 0 Å². The largest absolute Gasteiger partial charge is 0.480 e. The summed E-state index contributed by atoms with van der Waals surface area (Å²) < 4.78 is 11.3. The molecule has 6 nitrogen and oxygen atoms in total. The van der Waals surface area contributed by atoms with Gasteiger partial charge in [0.15, 0.2) is 6.10 Å². The first-order chi connectivity index (χ1) is 15.0. The van der Waals surface area contributed by atoms with E-state index < -0.39 is 6.10 Å². The van der Waals surface area contributed by atoms with Gasteiger partial charge in [-0.25, -0.2) is 4.79 Å². The van der Waals surface area contributed by atoms with Crippen LogP contribution in [0.1, 0.15) is 30.5 Å². The third kappa shape index (κ3) is 4.19. The van der Waals surface area contributed by atoms with Gasteiger partial charge in [-0.05, 0) is 56.0 Å². The number of fused-ring (bicyclic) bond motifs is 2. The Morgan fingerprint density at radius 3 is 2.77 bits per heavy atom. The summed E-state index contributed by atoms with van der Waals surface area (Å²) in [6.45, 7) is 6.06. The van der Waals surface area contributed by atoms with Crippen molar-refractivity contribution in [3.8, 4) is 5.75 Å². The lowest BCUT2D eigenvalue weighted by molar-refractivity contribution is -0.127. The topological polar surface area (TPSA) is 84.3 Å². The third-order valence-electron chi connectivity index (χ3n) is 5.62. The Morgan fingerprint density at radius 1 is 1.16 bits per heavy atom. The summed E-state index contributed by atoms with van der Waals surface area (Å²) in [5, 5.41) is 5.00. The first-order valence-corrected chi connectivity index (χ1v) is 10.5. The van der Waals surface area contributed by atoms with Crippen molar-refractivity contribution >= 4 is 27.8 Å². The summed E-state index contributed by atoms with van der Waals surface area (Å²) in [7, 11) is 0. The van der Waals surface area contributed by atoms with Crippen LogP contribution in [0.15, 0.2) is 57.9 Å². The Morgan fingerprint density at radius 2 is 1.97 bits per heavy atom. The first kappa shape index (κ1) is 20.7. The summed E-state index contributed by atoms with van der Waals surface area (Å²) in [6, 6.07) is 13.3. The number of ether oxygens (including phenoxy) is 1. The Balaban J connectivity index is 1.42. The molecule has 1 atom stereocenters. The van der Waals surface area contributed by atoms with Crippen molar-refractivity contribution < 1.29 is 13.9 Å². The van der Waals surface area contributed by atoms with Crippen LogP contribution in [0, 0.1) is 6.92 Å². The van der Waals surface area contributed by atoms with Crippen LogP contribution < -0.4 is 15.7 Å². The third-order valence-corrected chi connectivity index (χ3v) is 5.62. The van der Waals surface area contributed by atoms with E-state index >= 15 is 0 Å². The van der Waals surface area contributed by atoms with E-state index in [2.05, 4.69) is 16.4 Å². The molecule has 0 unspecified atom stereocenters. The monoisotopic (exact) mass is 418 g/mol. The van der Waals surface area contributed by atoms with E-state index in [1.54, 1.807) is 6.92 Å². The number of aromatic nitrogens is 1. The van der Waals surface area contributed by atoms with Crippen LogP contribution in [-0.2, 0) is 17.6 Å². The van der Waals surface area contributed by atoms with Crippen molar-refractivity contribution in [2.45, 2.75) is 39.7 Å². The summed E-state index contributed by atoms with van der Waals surface area (Å²) in [6.07, 6.45) is 2.76. The van der Waals surface area contributed by atoms with Crippen LogP contribution in [0.5, 0.6) is 5.75 Å². The Bertz CT molecular complexity index is 1300. The highest BCUT2D eigenvalue weighted by molar-refractivity contribution is 5.86. The molecule has 0 radical (unpaired) electrons. The van der Waals surface area contributed by atoms with E-state index in [0.717, 1.165) is 34.9 Å². The van der Waals surface area contributed by atoms with Crippen molar-refractivity contribution in [2.75, 3.05) is 6.54 Å². The van der Waals surface area contributed by atoms with Gasteiger partial charge in [-0.1, -0.05) is 25.1 Å². The van der Waals surface area contributed by atoms with Crippen LogP contribution in [0.25, 0.3) is 21.9 Å². The number of carbonyl (C=O) groups is 1. The average molecular weight is 418 g/mol. The van der Waals surface area contributed by atoms with E-state index in [0.29, 0.717) is 23.4 Å². The molecule has 0 spiro atoms. The highest BCUT2D eigenvalue weighted by Crippen LogP contribution is 2.29. The Kier molecular flexibility index (Phi) is 5.80. The summed E-state index contributed by atoms with van der Waals surface area (Å²) >= 11 is 0. The number of H-pyrrole nitrogens is 1. The van der Waals surface area contributed by atoms with Crippen LogP contribution in [0.4, 0.5) is 0 Å². The lowest BCUT2D eigenvalue weighted by atomic mass is 10.0. The number of hydrogen-bond donors (Lipinski definition) is 2. The molecule has 0 saturated heterocycles. The Labute approximate surface area is 180 Å². The highest BCUT2D eigenvalue weighted by Gasteiger charge is 2.18. The first-order valence-electron chi connectivity index (χ1n) is 10.5. The fourth-order valence-corrected chi connectivity index (χ4v) is 3.87. The zero-order valence-electron chi connectivity index (χ0n) is 18.0. The van der Waals surface area contributed by atoms with Gasteiger partial charge >= 0.3 is 5.63 Å². The van der Waals surface area contributed by atoms with E-state index in [1.807, 2.05) is 50.4 Å². The lowest BCUT2D eigenvalue weighted by Gasteiger charge is -2.17. The second-order valence-corrected chi connectivity index (χ2v) is 7.67. The molecular formula is C25H26N2O4. The fourth-order valence-electron chi connectivity index (χ4n) is 3.87. The van der Waals surface area contributed by atoms with E-state index in [-0.39, 0.29) is 11.5 Å². The van der Waals surface area contributed by atoms with Gasteiger partial charge in [0.05, 0.1) is 0 Å². The summed E-state index contributed by atoms with van der Waals surface area (Å²) in [4.78, 5) is 27.7. The van der Waals surface area contributed by atoms with Crippen molar-refractivity contribution in [3.05, 3.63) is 75.8 Å². The van der Waals surface area contributed by atoms with Gasteiger partial charge in [-0.2, -0.15) is 0 Å². The van der Waals surface area contributed by atoms with Gasteiger partial charge < -0.3 is 19.5 Å². The molecular weight excluding hydrogens is 392 g/mol. The predicted molar refractivity (Wildman–Crippen MR) is 122 cm³/mol. The maximum Gasteiger partial charge on any atom is 0.336 e. The number of para-hydroxylation sites is 1. The minimum Gasteiger partial charge on any atom is -0.480 e. The maximum atomic E-state index is 12.6. The van der Waals surface area contributed by atoms with Crippen LogP contribution in [-0.4, -0.2) is 23.5 Å². The second kappa shape index (κ2) is 8.68. The fraction of sp³-hybridized carbons (Fsp3) is 0.280. The molecule has 160 valence electrons. The molecule has 0 saturated carbocycles. The number of rotatable bonds is 7. The molecule has 2 aromatic carbocycles. The molecule has 0 bridgehead atoms. The molecule has 1 amide bonds. The molecule has 0 aliphatic heterocycles. The van der Waals surface area contributed by atoms with Gasteiger partial charge in [0.2, 0.25) is 0 Å². The number of amides is 1. The Hall–Kier alpha value is -3.54. The molecule has 0 aliphatic rings.